The van der Waals surface area contributed by atoms with Gasteiger partial charge in [-0.2, -0.15) is 0 Å². The van der Waals surface area contributed by atoms with E-state index in [0.29, 0.717) is 0 Å². The Kier molecular flexibility index (Phi) is 17.8. The largest absolute Gasteiger partial charge is 0.507 e. The first-order valence-corrected chi connectivity index (χ1v) is 23.9. The van der Waals surface area contributed by atoms with Crippen LogP contribution in [0.3, 0.4) is 0 Å². The van der Waals surface area contributed by atoms with E-state index in [1.54, 1.807) is 0 Å². The van der Waals surface area contributed by atoms with Gasteiger partial charge in [-0.05, 0) is 113 Å². The maximum Gasteiger partial charge on any atom is 0.306 e. The SMILES string of the molecule is CC(C)(C)c1cc(CCC(=O)OCC(COC(=O)CCc2cc(C(C)(C)C)c(O)c(C(C)(C)C)c2)(COC(=O)CCc2cc(C(C)(C)C)c(O)c(C(C)(C)C)c2)C(=O)Cl)cc(C(C)(C)C)c1O. The zero-order valence-corrected chi connectivity index (χ0v) is 44.7. The number of benzene rings is 3. The fraction of sp³-hybridized carbons (Fsp3) is 0.607. The molecular formula is C56H81ClO10. The molecule has 0 radical (unpaired) electrons. The summed E-state index contributed by atoms with van der Waals surface area (Å²) >= 11 is 6.29. The Balaban J connectivity index is 1.90. The van der Waals surface area contributed by atoms with Gasteiger partial charge in [0.2, 0.25) is 5.24 Å². The molecule has 11 heteroatoms. The van der Waals surface area contributed by atoms with Gasteiger partial charge in [0.15, 0.2) is 0 Å². The molecule has 10 nitrogen and oxygen atoms in total. The average molecular weight is 950 g/mol. The lowest BCUT2D eigenvalue weighted by molar-refractivity contribution is -0.163. The first kappa shape index (κ1) is 56.8. The van der Waals surface area contributed by atoms with E-state index in [-0.39, 0.29) is 88.3 Å². The molecule has 3 N–H and O–H groups in total. The minimum atomic E-state index is -1.94. The lowest BCUT2D eigenvalue weighted by Crippen LogP contribution is -2.44. The van der Waals surface area contributed by atoms with E-state index < -0.39 is 48.4 Å². The number of hydrogen-bond donors (Lipinski definition) is 3. The van der Waals surface area contributed by atoms with Crippen molar-refractivity contribution in [2.24, 2.45) is 5.41 Å². The van der Waals surface area contributed by atoms with Crippen molar-refractivity contribution in [3.8, 4) is 17.2 Å². The van der Waals surface area contributed by atoms with Gasteiger partial charge in [-0.25, -0.2) is 0 Å². The third-order valence-corrected chi connectivity index (χ3v) is 12.6. The molecule has 67 heavy (non-hydrogen) atoms. The third-order valence-electron chi connectivity index (χ3n) is 12.2. The number of phenolic OH excluding ortho intramolecular Hbond substituents is 3. The van der Waals surface area contributed by atoms with Crippen LogP contribution in [0.5, 0.6) is 17.2 Å². The van der Waals surface area contributed by atoms with Crippen molar-refractivity contribution >= 4 is 34.8 Å². The van der Waals surface area contributed by atoms with Crippen LogP contribution >= 0.6 is 11.6 Å². The number of carbonyl (C=O) groups excluding carboxylic acids is 4. The van der Waals surface area contributed by atoms with Gasteiger partial charge in [-0.1, -0.05) is 161 Å². The number of aromatic hydroxyl groups is 3. The number of carbonyl (C=O) groups is 4. The second-order valence-electron chi connectivity index (χ2n) is 24.7. The Labute approximate surface area is 406 Å². The van der Waals surface area contributed by atoms with Gasteiger partial charge < -0.3 is 29.5 Å². The fourth-order valence-electron chi connectivity index (χ4n) is 7.85. The number of phenols is 3. The Hall–Kier alpha value is -4.57. The van der Waals surface area contributed by atoms with Gasteiger partial charge in [-0.15, -0.1) is 0 Å². The molecule has 0 amide bonds. The van der Waals surface area contributed by atoms with Crippen LogP contribution in [-0.4, -0.2) is 58.3 Å². The molecule has 0 saturated heterocycles. The van der Waals surface area contributed by atoms with Crippen LogP contribution in [0.1, 0.15) is 194 Å². The summed E-state index contributed by atoms with van der Waals surface area (Å²) < 4.78 is 17.1. The van der Waals surface area contributed by atoms with Gasteiger partial charge in [0, 0.05) is 19.3 Å². The van der Waals surface area contributed by atoms with E-state index in [0.717, 1.165) is 50.1 Å². The Morgan fingerprint density at radius 3 is 0.716 bits per heavy atom. The van der Waals surface area contributed by atoms with Crippen molar-refractivity contribution in [3.63, 3.8) is 0 Å². The van der Waals surface area contributed by atoms with Crippen molar-refractivity contribution < 1.29 is 48.7 Å². The van der Waals surface area contributed by atoms with Crippen LogP contribution in [0.4, 0.5) is 0 Å². The highest BCUT2D eigenvalue weighted by molar-refractivity contribution is 6.64. The molecule has 0 unspecified atom stereocenters. The van der Waals surface area contributed by atoms with Crippen molar-refractivity contribution in [1.29, 1.82) is 0 Å². The lowest BCUT2D eigenvalue weighted by Gasteiger charge is -2.29. The minimum absolute atomic E-state index is 0.0798. The molecule has 0 fully saturated rings. The van der Waals surface area contributed by atoms with E-state index in [9.17, 15) is 34.5 Å². The maximum absolute atomic E-state index is 13.5. The highest BCUT2D eigenvalue weighted by Gasteiger charge is 2.43. The lowest BCUT2D eigenvalue weighted by atomic mass is 9.78. The normalized spacial score (nSPS) is 13.1. The topological polar surface area (TPSA) is 157 Å². The van der Waals surface area contributed by atoms with Gasteiger partial charge >= 0.3 is 17.9 Å². The maximum atomic E-state index is 13.5. The standard InChI is InChI=1S/C56H81ClO10/c1-50(2,3)37-25-34(26-38(46(37)61)51(4,5)6)19-22-43(58)65-31-56(49(57)64,32-66-44(59)23-20-35-27-39(52(7,8)9)47(62)40(28-35)53(10,11)12)33-67-45(60)24-21-36-29-41(54(13,14)15)48(63)42(30-36)55(16,17)18/h25-30,61-63H,19-24,31-33H2,1-18H3. The summed E-state index contributed by atoms with van der Waals surface area (Å²) in [7, 11) is 0. The summed E-state index contributed by atoms with van der Waals surface area (Å²) in [5.74, 6) is -1.30. The molecule has 3 aromatic carbocycles. The number of aryl methyl sites for hydroxylation is 3. The molecule has 0 heterocycles. The van der Waals surface area contributed by atoms with Crippen molar-refractivity contribution in [2.45, 2.75) is 196 Å². The smallest absolute Gasteiger partial charge is 0.306 e. The first-order chi connectivity index (χ1) is 30.3. The molecule has 0 spiro atoms. The minimum Gasteiger partial charge on any atom is -0.507 e. The summed E-state index contributed by atoms with van der Waals surface area (Å²) in [6, 6.07) is 11.3. The molecule has 0 atom stereocenters. The molecule has 0 aliphatic carbocycles. The van der Waals surface area contributed by atoms with E-state index >= 15 is 0 Å². The second-order valence-corrected chi connectivity index (χ2v) is 25.0. The summed E-state index contributed by atoms with van der Waals surface area (Å²) in [4.78, 5) is 53.9. The first-order valence-electron chi connectivity index (χ1n) is 23.6. The highest BCUT2D eigenvalue weighted by atomic mass is 35.5. The van der Waals surface area contributed by atoms with E-state index in [2.05, 4.69) is 0 Å². The number of rotatable bonds is 16. The molecular weight excluding hydrogens is 868 g/mol. The van der Waals surface area contributed by atoms with Crippen molar-refractivity contribution in [2.75, 3.05) is 19.8 Å². The molecule has 0 aliphatic heterocycles. The monoisotopic (exact) mass is 949 g/mol. The molecule has 372 valence electrons. The predicted octanol–water partition coefficient (Wildman–Crippen LogP) is 12.2. The van der Waals surface area contributed by atoms with E-state index in [1.807, 2.05) is 161 Å². The predicted molar refractivity (Wildman–Crippen MR) is 268 cm³/mol. The van der Waals surface area contributed by atoms with Crippen LogP contribution in [-0.2, 0) is 85.1 Å². The fourth-order valence-corrected chi connectivity index (χ4v) is 8.02. The Morgan fingerprint density at radius 1 is 0.388 bits per heavy atom. The molecule has 0 aliphatic rings. The van der Waals surface area contributed by atoms with Gasteiger partial charge in [0.05, 0.1) is 0 Å². The number of hydrogen-bond acceptors (Lipinski definition) is 10. The Morgan fingerprint density at radius 2 is 0.567 bits per heavy atom. The molecule has 3 aromatic rings. The number of ether oxygens (including phenoxy) is 3. The van der Waals surface area contributed by atoms with Gasteiger partial charge in [-0.3, -0.25) is 19.2 Å². The average Bonchev–Trinajstić information content (AvgIpc) is 3.16. The second kappa shape index (κ2) is 21.0. The van der Waals surface area contributed by atoms with Crippen LogP contribution in [0.25, 0.3) is 0 Å². The molecule has 0 aromatic heterocycles. The van der Waals surface area contributed by atoms with Crippen LogP contribution in [0.2, 0.25) is 0 Å². The highest BCUT2D eigenvalue weighted by Crippen LogP contribution is 2.43. The molecule has 0 saturated carbocycles. The van der Waals surface area contributed by atoms with Crippen LogP contribution in [0, 0.1) is 5.41 Å². The zero-order chi connectivity index (χ0) is 51.5. The van der Waals surface area contributed by atoms with Crippen molar-refractivity contribution in [1.82, 2.24) is 0 Å². The quantitative estimate of drug-likeness (QED) is 0.0717. The third kappa shape index (κ3) is 15.5. The zero-order valence-electron chi connectivity index (χ0n) is 43.9. The summed E-state index contributed by atoms with van der Waals surface area (Å²) in [6.07, 6.45) is 0.574. The number of esters is 3. The van der Waals surface area contributed by atoms with E-state index in [4.69, 9.17) is 25.8 Å². The summed E-state index contributed by atoms with van der Waals surface area (Å²) in [5, 5.41) is 32.6. The van der Waals surface area contributed by atoms with Crippen LogP contribution in [0.15, 0.2) is 36.4 Å². The summed E-state index contributed by atoms with van der Waals surface area (Å²) in [5.41, 5.74) is 2.79. The van der Waals surface area contributed by atoms with Crippen molar-refractivity contribution in [3.05, 3.63) is 86.5 Å². The van der Waals surface area contributed by atoms with E-state index in [1.165, 1.54) is 0 Å². The van der Waals surface area contributed by atoms with Gasteiger partial charge in [0.25, 0.3) is 0 Å². The number of halogens is 1. The summed E-state index contributed by atoms with van der Waals surface area (Å²) in [6.45, 7) is 34.2. The molecule has 0 bridgehead atoms. The van der Waals surface area contributed by atoms with Gasteiger partial charge in [0.1, 0.15) is 42.5 Å². The Bertz CT molecular complexity index is 1930. The molecule has 3 rings (SSSR count). The van der Waals surface area contributed by atoms with Crippen LogP contribution < -0.4 is 0 Å².